The highest BCUT2D eigenvalue weighted by atomic mass is 16.2. The molecule has 2 atom stereocenters. The summed E-state index contributed by atoms with van der Waals surface area (Å²) in [4.78, 5) is 48.0. The SMILES string of the molecule is CC(C)C1C(=O)NC(=O)N(C2CCC(=O)NC2)C1=O. The molecule has 2 saturated heterocycles. The predicted octanol–water partition coefficient (Wildman–Crippen LogP) is -0.384. The van der Waals surface area contributed by atoms with E-state index in [4.69, 9.17) is 0 Å². The molecule has 2 fully saturated rings. The number of carbonyl (C=O) groups is 4. The number of hydrogen-bond donors (Lipinski definition) is 2. The molecular formula is C12H17N3O4. The van der Waals surface area contributed by atoms with Gasteiger partial charge in [0.1, 0.15) is 5.92 Å². The first-order valence-corrected chi connectivity index (χ1v) is 6.36. The smallest absolute Gasteiger partial charge is 0.331 e. The van der Waals surface area contributed by atoms with Gasteiger partial charge in [-0.2, -0.15) is 0 Å². The summed E-state index contributed by atoms with van der Waals surface area (Å²) < 4.78 is 0. The van der Waals surface area contributed by atoms with Crippen LogP contribution in [0.1, 0.15) is 26.7 Å². The molecule has 0 spiro atoms. The van der Waals surface area contributed by atoms with Crippen molar-refractivity contribution in [1.29, 1.82) is 0 Å². The van der Waals surface area contributed by atoms with E-state index in [1.54, 1.807) is 13.8 Å². The first-order valence-electron chi connectivity index (χ1n) is 6.36. The van der Waals surface area contributed by atoms with E-state index in [0.717, 1.165) is 4.90 Å². The summed E-state index contributed by atoms with van der Waals surface area (Å²) in [5, 5.41) is 4.84. The Kier molecular flexibility index (Phi) is 3.55. The molecule has 2 unspecified atom stereocenters. The van der Waals surface area contributed by atoms with Crippen LogP contribution in [0, 0.1) is 11.8 Å². The van der Waals surface area contributed by atoms with Crippen LogP contribution in [0.25, 0.3) is 0 Å². The monoisotopic (exact) mass is 267 g/mol. The predicted molar refractivity (Wildman–Crippen MR) is 64.7 cm³/mol. The highest BCUT2D eigenvalue weighted by Crippen LogP contribution is 2.23. The Balaban J connectivity index is 2.19. The molecule has 5 amide bonds. The molecule has 2 rings (SSSR count). The topological polar surface area (TPSA) is 95.6 Å². The molecule has 19 heavy (non-hydrogen) atoms. The fraction of sp³-hybridized carbons (Fsp3) is 0.667. The molecule has 2 aliphatic rings. The van der Waals surface area contributed by atoms with E-state index < -0.39 is 23.8 Å². The van der Waals surface area contributed by atoms with Crippen LogP contribution in [-0.4, -0.2) is 41.2 Å². The second-order valence-electron chi connectivity index (χ2n) is 5.22. The van der Waals surface area contributed by atoms with E-state index in [1.807, 2.05) is 0 Å². The van der Waals surface area contributed by atoms with Crippen LogP contribution in [0.2, 0.25) is 0 Å². The van der Waals surface area contributed by atoms with Crippen molar-refractivity contribution < 1.29 is 19.2 Å². The number of urea groups is 1. The number of amides is 5. The van der Waals surface area contributed by atoms with E-state index in [1.165, 1.54) is 0 Å². The highest BCUT2D eigenvalue weighted by molar-refractivity contribution is 6.16. The van der Waals surface area contributed by atoms with E-state index in [9.17, 15) is 19.2 Å². The van der Waals surface area contributed by atoms with Gasteiger partial charge in [0, 0.05) is 13.0 Å². The van der Waals surface area contributed by atoms with Gasteiger partial charge in [0.25, 0.3) is 0 Å². The van der Waals surface area contributed by atoms with Gasteiger partial charge in [-0.05, 0) is 12.3 Å². The van der Waals surface area contributed by atoms with Crippen molar-refractivity contribution >= 4 is 23.8 Å². The second kappa shape index (κ2) is 4.99. The van der Waals surface area contributed by atoms with Crippen LogP contribution in [0.3, 0.4) is 0 Å². The Hall–Kier alpha value is -1.92. The molecule has 2 aliphatic heterocycles. The number of imide groups is 2. The zero-order valence-corrected chi connectivity index (χ0v) is 10.9. The second-order valence-corrected chi connectivity index (χ2v) is 5.22. The molecule has 104 valence electrons. The maximum Gasteiger partial charge on any atom is 0.331 e. The average Bonchev–Trinajstić information content (AvgIpc) is 2.30. The first-order chi connectivity index (χ1) is 8.91. The van der Waals surface area contributed by atoms with E-state index >= 15 is 0 Å². The zero-order chi connectivity index (χ0) is 14.2. The summed E-state index contributed by atoms with van der Waals surface area (Å²) in [6.45, 7) is 3.77. The van der Waals surface area contributed by atoms with Gasteiger partial charge in [0.15, 0.2) is 0 Å². The molecule has 0 saturated carbocycles. The summed E-state index contributed by atoms with van der Waals surface area (Å²) in [5.41, 5.74) is 0. The van der Waals surface area contributed by atoms with Crippen LogP contribution in [0.5, 0.6) is 0 Å². The average molecular weight is 267 g/mol. The summed E-state index contributed by atoms with van der Waals surface area (Å²) in [6, 6.07) is -1.06. The van der Waals surface area contributed by atoms with Gasteiger partial charge < -0.3 is 5.32 Å². The summed E-state index contributed by atoms with van der Waals surface area (Å²) in [7, 11) is 0. The van der Waals surface area contributed by atoms with Crippen LogP contribution in [0.15, 0.2) is 0 Å². The minimum Gasteiger partial charge on any atom is -0.354 e. The van der Waals surface area contributed by atoms with Gasteiger partial charge >= 0.3 is 6.03 Å². The number of rotatable bonds is 2. The van der Waals surface area contributed by atoms with Crippen molar-refractivity contribution in [3.8, 4) is 0 Å². The van der Waals surface area contributed by atoms with Crippen molar-refractivity contribution in [2.75, 3.05) is 6.54 Å². The minimum atomic E-state index is -0.838. The van der Waals surface area contributed by atoms with Crippen molar-refractivity contribution in [3.05, 3.63) is 0 Å². The highest BCUT2D eigenvalue weighted by Gasteiger charge is 2.45. The molecule has 0 aromatic rings. The molecule has 0 aliphatic carbocycles. The maximum atomic E-state index is 12.3. The third-order valence-electron chi connectivity index (χ3n) is 3.51. The van der Waals surface area contributed by atoms with Gasteiger partial charge in [-0.1, -0.05) is 13.8 Å². The van der Waals surface area contributed by atoms with Crippen molar-refractivity contribution in [2.24, 2.45) is 11.8 Å². The molecule has 0 radical (unpaired) electrons. The fourth-order valence-electron chi connectivity index (χ4n) is 2.48. The molecule has 7 nitrogen and oxygen atoms in total. The van der Waals surface area contributed by atoms with Crippen molar-refractivity contribution in [2.45, 2.75) is 32.7 Å². The third-order valence-corrected chi connectivity index (χ3v) is 3.51. The van der Waals surface area contributed by atoms with E-state index in [-0.39, 0.29) is 30.8 Å². The molecule has 0 aromatic carbocycles. The standard InChI is InChI=1S/C12H17N3O4/c1-6(2)9-10(17)14-12(19)15(11(9)18)7-3-4-8(16)13-5-7/h6-7,9H,3-5H2,1-2H3,(H,13,16)(H,14,17,19). The number of nitrogens with one attached hydrogen (secondary N) is 2. The molecule has 7 heteroatoms. The number of carbonyl (C=O) groups excluding carboxylic acids is 4. The molecule has 0 bridgehead atoms. The molecular weight excluding hydrogens is 250 g/mol. The Bertz CT molecular complexity index is 436. The minimum absolute atomic E-state index is 0.0856. The van der Waals surface area contributed by atoms with Gasteiger partial charge in [0.05, 0.1) is 6.04 Å². The molecule has 2 N–H and O–H groups in total. The van der Waals surface area contributed by atoms with E-state index in [0.29, 0.717) is 6.42 Å². The largest absolute Gasteiger partial charge is 0.354 e. The number of barbiturate groups is 1. The Morgan fingerprint density at radius 1 is 1.21 bits per heavy atom. The summed E-state index contributed by atoms with van der Waals surface area (Å²) in [5.74, 6) is -2.11. The van der Waals surface area contributed by atoms with Gasteiger partial charge in [-0.15, -0.1) is 0 Å². The lowest BCUT2D eigenvalue weighted by atomic mass is 9.90. The first kappa shape index (κ1) is 13.5. The molecule has 0 aromatic heterocycles. The van der Waals surface area contributed by atoms with Gasteiger partial charge in [0.2, 0.25) is 17.7 Å². The molecule has 2 heterocycles. The lowest BCUT2D eigenvalue weighted by molar-refractivity contribution is -0.147. The summed E-state index contributed by atoms with van der Waals surface area (Å²) in [6.07, 6.45) is 0.714. The number of nitrogens with zero attached hydrogens (tertiary/aromatic N) is 1. The number of hydrogen-bond acceptors (Lipinski definition) is 4. The quantitative estimate of drug-likeness (QED) is 0.666. The maximum absolute atomic E-state index is 12.3. The van der Waals surface area contributed by atoms with Gasteiger partial charge in [-0.25, -0.2) is 4.79 Å². The zero-order valence-electron chi connectivity index (χ0n) is 10.9. The van der Waals surface area contributed by atoms with Crippen LogP contribution >= 0.6 is 0 Å². The van der Waals surface area contributed by atoms with Crippen LogP contribution in [0.4, 0.5) is 4.79 Å². The van der Waals surface area contributed by atoms with Gasteiger partial charge in [-0.3, -0.25) is 24.6 Å². The van der Waals surface area contributed by atoms with Crippen LogP contribution in [-0.2, 0) is 14.4 Å². The van der Waals surface area contributed by atoms with E-state index in [2.05, 4.69) is 10.6 Å². The normalized spacial score (nSPS) is 28.5. The summed E-state index contributed by atoms with van der Waals surface area (Å²) >= 11 is 0. The lowest BCUT2D eigenvalue weighted by Gasteiger charge is -2.38. The Labute approximate surface area is 110 Å². The van der Waals surface area contributed by atoms with Crippen molar-refractivity contribution in [1.82, 2.24) is 15.5 Å². The third kappa shape index (κ3) is 2.45. The Morgan fingerprint density at radius 3 is 2.42 bits per heavy atom. The fourth-order valence-corrected chi connectivity index (χ4v) is 2.48. The lowest BCUT2D eigenvalue weighted by Crippen LogP contribution is -2.64. The number of piperidine rings is 1. The van der Waals surface area contributed by atoms with Crippen molar-refractivity contribution in [3.63, 3.8) is 0 Å². The Morgan fingerprint density at radius 2 is 1.89 bits per heavy atom. The van der Waals surface area contributed by atoms with Crippen LogP contribution < -0.4 is 10.6 Å².